The van der Waals surface area contributed by atoms with Crippen molar-refractivity contribution in [3.05, 3.63) is 33.0 Å². The lowest BCUT2D eigenvalue weighted by Crippen LogP contribution is -2.58. The van der Waals surface area contributed by atoms with E-state index in [1.165, 1.54) is 21.9 Å². The van der Waals surface area contributed by atoms with Crippen LogP contribution in [0.3, 0.4) is 0 Å². The maximum atomic E-state index is 14.3. The van der Waals surface area contributed by atoms with Gasteiger partial charge in [-0.25, -0.2) is 9.18 Å². The highest BCUT2D eigenvalue weighted by Crippen LogP contribution is 2.29. The Balaban J connectivity index is 2.16. The van der Waals surface area contributed by atoms with E-state index in [4.69, 9.17) is 16.3 Å². The van der Waals surface area contributed by atoms with Gasteiger partial charge in [-0.05, 0) is 48.8 Å². The van der Waals surface area contributed by atoms with Crippen LogP contribution >= 0.6 is 27.5 Å². The van der Waals surface area contributed by atoms with E-state index in [1.807, 2.05) is 0 Å². The van der Waals surface area contributed by atoms with Crippen LogP contribution in [-0.4, -0.2) is 64.8 Å². The van der Waals surface area contributed by atoms with E-state index in [0.717, 1.165) is 0 Å². The van der Waals surface area contributed by atoms with Gasteiger partial charge in [0.2, 0.25) is 0 Å². The van der Waals surface area contributed by atoms with Crippen molar-refractivity contribution in [1.82, 2.24) is 9.80 Å². The number of aliphatic hydroxyl groups excluding tert-OH is 1. The summed E-state index contributed by atoms with van der Waals surface area (Å²) >= 11 is 8.95. The minimum Gasteiger partial charge on any atom is -0.444 e. The SMILES string of the molecule is CC(C)(C)OC(=O)N1CCN(C(=O)c2ccc(Br)c(Cl)c2F)C(CO)C1. The minimum absolute atomic E-state index is 0.100. The van der Waals surface area contributed by atoms with Crippen LogP contribution in [0.1, 0.15) is 31.1 Å². The number of hydrogen-bond acceptors (Lipinski definition) is 4. The molecule has 0 saturated carbocycles. The van der Waals surface area contributed by atoms with Crippen LogP contribution in [0.25, 0.3) is 0 Å². The molecule has 0 radical (unpaired) electrons. The standard InChI is InChI=1S/C17H21BrClFN2O4/c1-17(2,3)26-16(25)21-6-7-22(10(8-21)9-23)15(24)11-4-5-12(18)13(19)14(11)20/h4-5,10,23H,6-9H2,1-3H3. The highest BCUT2D eigenvalue weighted by molar-refractivity contribution is 9.10. The molecule has 26 heavy (non-hydrogen) atoms. The minimum atomic E-state index is -0.822. The molecule has 1 saturated heterocycles. The molecule has 1 aromatic rings. The van der Waals surface area contributed by atoms with Gasteiger partial charge in [0, 0.05) is 24.1 Å². The number of carbonyl (C=O) groups is 2. The number of hydrogen-bond donors (Lipinski definition) is 1. The zero-order valence-electron chi connectivity index (χ0n) is 14.8. The quantitative estimate of drug-likeness (QED) is 0.701. The second-order valence-electron chi connectivity index (χ2n) is 6.98. The molecule has 1 N–H and O–H groups in total. The molecule has 1 aromatic carbocycles. The molecule has 0 aliphatic carbocycles. The van der Waals surface area contributed by atoms with Gasteiger partial charge in [0.15, 0.2) is 5.82 Å². The van der Waals surface area contributed by atoms with Gasteiger partial charge >= 0.3 is 6.09 Å². The molecular formula is C17H21BrClFN2O4. The summed E-state index contributed by atoms with van der Waals surface area (Å²) in [6, 6.07) is 2.16. The van der Waals surface area contributed by atoms with Crippen LogP contribution in [0.15, 0.2) is 16.6 Å². The maximum absolute atomic E-state index is 14.3. The first-order chi connectivity index (χ1) is 12.0. The number of nitrogens with zero attached hydrogens (tertiary/aromatic N) is 2. The fourth-order valence-corrected chi connectivity index (χ4v) is 3.09. The molecule has 2 amide bonds. The number of rotatable bonds is 2. The second-order valence-corrected chi connectivity index (χ2v) is 8.22. The van der Waals surface area contributed by atoms with E-state index in [1.54, 1.807) is 20.8 Å². The van der Waals surface area contributed by atoms with Crippen LogP contribution in [0.2, 0.25) is 5.02 Å². The lowest BCUT2D eigenvalue weighted by molar-refractivity contribution is -0.00255. The molecule has 1 fully saturated rings. The normalized spacial score (nSPS) is 18.0. The summed E-state index contributed by atoms with van der Waals surface area (Å²) in [7, 11) is 0. The molecule has 0 aromatic heterocycles. The van der Waals surface area contributed by atoms with Gasteiger partial charge in [-0.1, -0.05) is 11.6 Å². The number of amides is 2. The summed E-state index contributed by atoms with van der Waals surface area (Å²) in [4.78, 5) is 27.7. The summed E-state index contributed by atoms with van der Waals surface area (Å²) < 4.78 is 20.0. The Kier molecular flexibility index (Phi) is 6.52. The van der Waals surface area contributed by atoms with Crippen LogP contribution in [0.5, 0.6) is 0 Å². The molecule has 6 nitrogen and oxygen atoms in total. The third-order valence-electron chi connectivity index (χ3n) is 3.87. The Bertz CT molecular complexity index is 711. The average Bonchev–Trinajstić information content (AvgIpc) is 2.57. The molecule has 2 rings (SSSR count). The first kappa shape index (κ1) is 20.9. The predicted octanol–water partition coefficient (Wildman–Crippen LogP) is 3.30. The van der Waals surface area contributed by atoms with Crippen molar-refractivity contribution in [2.24, 2.45) is 0 Å². The van der Waals surface area contributed by atoms with Gasteiger partial charge in [-0.15, -0.1) is 0 Å². The van der Waals surface area contributed by atoms with Crippen molar-refractivity contribution in [3.63, 3.8) is 0 Å². The van der Waals surface area contributed by atoms with Crippen molar-refractivity contribution in [2.45, 2.75) is 32.4 Å². The Hall–Kier alpha value is -1.38. The van der Waals surface area contributed by atoms with Gasteiger partial charge in [0.25, 0.3) is 5.91 Å². The van der Waals surface area contributed by atoms with E-state index in [2.05, 4.69) is 15.9 Å². The Morgan fingerprint density at radius 2 is 2.04 bits per heavy atom. The molecule has 1 heterocycles. The molecule has 1 atom stereocenters. The third-order valence-corrected chi connectivity index (χ3v) is 5.13. The Labute approximate surface area is 165 Å². The third kappa shape index (κ3) is 4.66. The molecular weight excluding hydrogens is 431 g/mol. The lowest BCUT2D eigenvalue weighted by atomic mass is 10.1. The van der Waals surface area contributed by atoms with Gasteiger partial charge in [0.1, 0.15) is 5.60 Å². The first-order valence-corrected chi connectivity index (χ1v) is 9.25. The summed E-state index contributed by atoms with van der Waals surface area (Å²) in [5.41, 5.74) is -0.821. The van der Waals surface area contributed by atoms with Crippen molar-refractivity contribution in [3.8, 4) is 0 Å². The summed E-state index contributed by atoms with van der Waals surface area (Å²) in [5.74, 6) is -1.41. The molecule has 0 spiro atoms. The fourth-order valence-electron chi connectivity index (χ4n) is 2.62. The number of halogens is 3. The van der Waals surface area contributed by atoms with Crippen molar-refractivity contribution < 1.29 is 23.8 Å². The van der Waals surface area contributed by atoms with Crippen LogP contribution in [0.4, 0.5) is 9.18 Å². The van der Waals surface area contributed by atoms with Crippen molar-refractivity contribution in [2.75, 3.05) is 26.2 Å². The number of aliphatic hydroxyl groups is 1. The number of benzene rings is 1. The molecule has 1 unspecified atom stereocenters. The number of ether oxygens (including phenoxy) is 1. The molecule has 1 aliphatic heterocycles. The highest BCUT2D eigenvalue weighted by Gasteiger charge is 2.35. The van der Waals surface area contributed by atoms with E-state index >= 15 is 0 Å². The fraction of sp³-hybridized carbons (Fsp3) is 0.529. The molecule has 144 valence electrons. The van der Waals surface area contributed by atoms with Crippen LogP contribution < -0.4 is 0 Å². The van der Waals surface area contributed by atoms with Crippen LogP contribution in [0, 0.1) is 5.82 Å². The molecule has 0 bridgehead atoms. The van der Waals surface area contributed by atoms with E-state index in [-0.39, 0.29) is 36.8 Å². The lowest BCUT2D eigenvalue weighted by Gasteiger charge is -2.41. The molecule has 9 heteroatoms. The average molecular weight is 452 g/mol. The zero-order chi connectivity index (χ0) is 19.6. The summed E-state index contributed by atoms with van der Waals surface area (Å²) in [6.45, 7) is 5.39. The highest BCUT2D eigenvalue weighted by atomic mass is 79.9. The Morgan fingerprint density at radius 3 is 2.62 bits per heavy atom. The van der Waals surface area contributed by atoms with E-state index in [0.29, 0.717) is 4.47 Å². The van der Waals surface area contributed by atoms with Gasteiger partial charge < -0.3 is 19.6 Å². The van der Waals surface area contributed by atoms with Gasteiger partial charge in [-0.2, -0.15) is 0 Å². The largest absolute Gasteiger partial charge is 0.444 e. The smallest absolute Gasteiger partial charge is 0.410 e. The van der Waals surface area contributed by atoms with E-state index < -0.39 is 29.5 Å². The van der Waals surface area contributed by atoms with Crippen molar-refractivity contribution in [1.29, 1.82) is 0 Å². The second kappa shape index (κ2) is 8.10. The summed E-state index contributed by atoms with van der Waals surface area (Å²) in [5, 5.41) is 9.48. The topological polar surface area (TPSA) is 70.1 Å². The van der Waals surface area contributed by atoms with Crippen molar-refractivity contribution >= 4 is 39.5 Å². The van der Waals surface area contributed by atoms with E-state index in [9.17, 15) is 19.1 Å². The summed E-state index contributed by atoms with van der Waals surface area (Å²) in [6.07, 6.45) is -0.513. The van der Waals surface area contributed by atoms with Gasteiger partial charge in [0.05, 0.1) is 23.2 Å². The number of piperazine rings is 1. The van der Waals surface area contributed by atoms with Gasteiger partial charge in [-0.3, -0.25) is 4.79 Å². The maximum Gasteiger partial charge on any atom is 0.410 e. The number of carbonyl (C=O) groups excluding carboxylic acids is 2. The predicted molar refractivity (Wildman–Crippen MR) is 98.8 cm³/mol. The first-order valence-electron chi connectivity index (χ1n) is 8.08. The molecule has 1 aliphatic rings. The Morgan fingerprint density at radius 1 is 1.38 bits per heavy atom. The van der Waals surface area contributed by atoms with Crippen LogP contribution in [-0.2, 0) is 4.74 Å². The monoisotopic (exact) mass is 450 g/mol. The zero-order valence-corrected chi connectivity index (χ0v) is 17.1.